The van der Waals surface area contributed by atoms with Gasteiger partial charge in [0.15, 0.2) is 0 Å². The molecule has 0 unspecified atom stereocenters. The summed E-state index contributed by atoms with van der Waals surface area (Å²) >= 11 is 1.25. The highest BCUT2D eigenvalue weighted by Crippen LogP contribution is 2.29. The molecule has 7 heteroatoms. The number of benzene rings is 2. The number of hydrogen-bond acceptors (Lipinski definition) is 5. The van der Waals surface area contributed by atoms with Crippen molar-refractivity contribution in [2.75, 3.05) is 35.9 Å². The summed E-state index contributed by atoms with van der Waals surface area (Å²) in [7, 11) is 1.57. The molecule has 0 spiro atoms. The van der Waals surface area contributed by atoms with E-state index in [2.05, 4.69) is 17.6 Å². The zero-order valence-corrected chi connectivity index (χ0v) is 17.9. The van der Waals surface area contributed by atoms with Crippen molar-refractivity contribution in [3.63, 3.8) is 0 Å². The molecule has 2 amide bonds. The van der Waals surface area contributed by atoms with E-state index >= 15 is 0 Å². The normalized spacial score (nSPS) is 10.3. The number of hydrogen-bond donors (Lipinski definition) is 2. The third kappa shape index (κ3) is 8.07. The van der Waals surface area contributed by atoms with E-state index in [1.807, 2.05) is 31.2 Å². The van der Waals surface area contributed by atoms with Crippen molar-refractivity contribution < 1.29 is 19.1 Å². The Morgan fingerprint density at radius 1 is 1.00 bits per heavy atom. The average Bonchev–Trinajstić information content (AvgIpc) is 2.71. The molecule has 2 aromatic carbocycles. The number of thioether (sulfide) groups is 1. The third-order valence-corrected chi connectivity index (χ3v) is 4.95. The number of carbonyl (C=O) groups is 2. The quantitative estimate of drug-likeness (QED) is 0.528. The minimum Gasteiger partial charge on any atom is -0.497 e. The lowest BCUT2D eigenvalue weighted by molar-refractivity contribution is -0.114. The second kappa shape index (κ2) is 12.0. The Bertz CT molecular complexity index is 809. The van der Waals surface area contributed by atoms with E-state index in [0.717, 1.165) is 24.1 Å². The third-order valence-electron chi connectivity index (χ3n) is 4.02. The summed E-state index contributed by atoms with van der Waals surface area (Å²) in [5, 5.41) is 5.66. The molecule has 0 aliphatic carbocycles. The molecule has 0 atom stereocenters. The van der Waals surface area contributed by atoms with Crippen molar-refractivity contribution in [2.45, 2.75) is 26.7 Å². The number of ether oxygens (including phenoxy) is 2. The molecule has 2 N–H and O–H groups in total. The molecule has 0 saturated carbocycles. The fraction of sp³-hybridized carbons (Fsp3) is 0.364. The standard InChI is InChI=1S/C22H28N2O4S/c1-4-5-12-28-20-11-10-18(27-3)13-19(20)24-22(26)15-29-14-21(25)23-17-8-6-16(2)7-9-17/h6-11,13H,4-5,12,14-15H2,1-3H3,(H,23,25)(H,24,26). The largest absolute Gasteiger partial charge is 0.497 e. The molecule has 156 valence electrons. The fourth-order valence-corrected chi connectivity index (χ4v) is 3.06. The first-order valence-electron chi connectivity index (χ1n) is 9.56. The van der Waals surface area contributed by atoms with Crippen LogP contribution in [0.3, 0.4) is 0 Å². The molecular weight excluding hydrogens is 388 g/mol. The van der Waals surface area contributed by atoms with Gasteiger partial charge >= 0.3 is 0 Å². The molecule has 6 nitrogen and oxygen atoms in total. The van der Waals surface area contributed by atoms with E-state index in [-0.39, 0.29) is 23.3 Å². The van der Waals surface area contributed by atoms with Gasteiger partial charge in [-0.1, -0.05) is 31.0 Å². The van der Waals surface area contributed by atoms with Crippen LogP contribution in [0.1, 0.15) is 25.3 Å². The zero-order valence-electron chi connectivity index (χ0n) is 17.1. The Hall–Kier alpha value is -2.67. The van der Waals surface area contributed by atoms with Crippen LogP contribution in [0.15, 0.2) is 42.5 Å². The van der Waals surface area contributed by atoms with Gasteiger partial charge in [0.05, 0.1) is 30.9 Å². The van der Waals surface area contributed by atoms with Crippen molar-refractivity contribution >= 4 is 35.0 Å². The maximum atomic E-state index is 12.3. The van der Waals surface area contributed by atoms with Gasteiger partial charge in [0.2, 0.25) is 11.8 Å². The Labute approximate surface area is 176 Å². The van der Waals surface area contributed by atoms with Crippen LogP contribution in [0.2, 0.25) is 0 Å². The zero-order chi connectivity index (χ0) is 21.1. The highest BCUT2D eigenvalue weighted by atomic mass is 32.2. The van der Waals surface area contributed by atoms with E-state index in [1.165, 1.54) is 11.8 Å². The number of aryl methyl sites for hydroxylation is 1. The summed E-state index contributed by atoms with van der Waals surface area (Å²) in [5.41, 5.74) is 2.44. The molecule has 0 heterocycles. The SMILES string of the molecule is CCCCOc1ccc(OC)cc1NC(=O)CSCC(=O)Nc1ccc(C)cc1. The number of amides is 2. The monoisotopic (exact) mass is 416 g/mol. The summed E-state index contributed by atoms with van der Waals surface area (Å²) in [6.07, 6.45) is 1.96. The summed E-state index contributed by atoms with van der Waals surface area (Å²) < 4.78 is 11.0. The molecule has 0 bridgehead atoms. The number of unbranched alkanes of at least 4 members (excludes halogenated alkanes) is 1. The number of nitrogens with one attached hydrogen (secondary N) is 2. The highest BCUT2D eigenvalue weighted by molar-refractivity contribution is 8.00. The van der Waals surface area contributed by atoms with Crippen molar-refractivity contribution in [1.82, 2.24) is 0 Å². The van der Waals surface area contributed by atoms with Gasteiger partial charge in [-0.2, -0.15) is 0 Å². The lowest BCUT2D eigenvalue weighted by Gasteiger charge is -2.14. The Balaban J connectivity index is 1.83. The summed E-state index contributed by atoms with van der Waals surface area (Å²) in [6.45, 7) is 4.66. The van der Waals surface area contributed by atoms with E-state index < -0.39 is 0 Å². The van der Waals surface area contributed by atoms with Crippen LogP contribution in [0.4, 0.5) is 11.4 Å². The van der Waals surface area contributed by atoms with Crippen molar-refractivity contribution in [3.8, 4) is 11.5 Å². The first-order chi connectivity index (χ1) is 14.0. The lowest BCUT2D eigenvalue weighted by Crippen LogP contribution is -2.19. The van der Waals surface area contributed by atoms with Gasteiger partial charge < -0.3 is 20.1 Å². The molecular formula is C22H28N2O4S. The topological polar surface area (TPSA) is 76.7 Å². The number of rotatable bonds is 11. The molecule has 2 aromatic rings. The van der Waals surface area contributed by atoms with Crippen LogP contribution in [0.5, 0.6) is 11.5 Å². The van der Waals surface area contributed by atoms with Gasteiger partial charge in [-0.05, 0) is 37.6 Å². The molecule has 0 aromatic heterocycles. The van der Waals surface area contributed by atoms with Gasteiger partial charge in [-0.15, -0.1) is 11.8 Å². The first-order valence-corrected chi connectivity index (χ1v) is 10.7. The van der Waals surface area contributed by atoms with Gasteiger partial charge in [0.1, 0.15) is 11.5 Å². The number of methoxy groups -OCH3 is 1. The summed E-state index contributed by atoms with van der Waals surface area (Å²) in [5.74, 6) is 1.25. The van der Waals surface area contributed by atoms with E-state index in [1.54, 1.807) is 25.3 Å². The number of anilines is 2. The predicted octanol–water partition coefficient (Wildman–Crippen LogP) is 4.49. The minimum absolute atomic E-state index is 0.142. The summed E-state index contributed by atoms with van der Waals surface area (Å²) in [6, 6.07) is 12.9. The molecule has 0 saturated heterocycles. The minimum atomic E-state index is -0.202. The van der Waals surface area contributed by atoms with Crippen molar-refractivity contribution in [2.24, 2.45) is 0 Å². The van der Waals surface area contributed by atoms with E-state index in [9.17, 15) is 9.59 Å². The lowest BCUT2D eigenvalue weighted by atomic mass is 10.2. The van der Waals surface area contributed by atoms with E-state index in [4.69, 9.17) is 9.47 Å². The highest BCUT2D eigenvalue weighted by Gasteiger charge is 2.11. The van der Waals surface area contributed by atoms with Crippen LogP contribution in [-0.4, -0.2) is 37.0 Å². The maximum absolute atomic E-state index is 12.3. The predicted molar refractivity (Wildman–Crippen MR) is 119 cm³/mol. The van der Waals surface area contributed by atoms with E-state index in [0.29, 0.717) is 23.8 Å². The van der Waals surface area contributed by atoms with Crippen molar-refractivity contribution in [3.05, 3.63) is 48.0 Å². The van der Waals surface area contributed by atoms with Crippen LogP contribution in [0, 0.1) is 6.92 Å². The Morgan fingerprint density at radius 2 is 1.69 bits per heavy atom. The maximum Gasteiger partial charge on any atom is 0.234 e. The Morgan fingerprint density at radius 3 is 2.34 bits per heavy atom. The second-order valence-electron chi connectivity index (χ2n) is 6.52. The van der Waals surface area contributed by atoms with Gasteiger partial charge in [-0.25, -0.2) is 0 Å². The van der Waals surface area contributed by atoms with Gasteiger partial charge in [0, 0.05) is 11.8 Å². The summed E-state index contributed by atoms with van der Waals surface area (Å²) in [4.78, 5) is 24.3. The van der Waals surface area contributed by atoms with Crippen molar-refractivity contribution in [1.29, 1.82) is 0 Å². The van der Waals surface area contributed by atoms with Crippen LogP contribution >= 0.6 is 11.8 Å². The molecule has 0 fully saturated rings. The fourth-order valence-electron chi connectivity index (χ4n) is 2.44. The van der Waals surface area contributed by atoms with Gasteiger partial charge in [0.25, 0.3) is 0 Å². The Kier molecular flexibility index (Phi) is 9.37. The number of carbonyl (C=O) groups excluding carboxylic acids is 2. The average molecular weight is 417 g/mol. The molecule has 0 aliphatic heterocycles. The van der Waals surface area contributed by atoms with Crippen LogP contribution < -0.4 is 20.1 Å². The first kappa shape index (κ1) is 22.6. The molecule has 0 aliphatic rings. The molecule has 29 heavy (non-hydrogen) atoms. The molecule has 0 radical (unpaired) electrons. The van der Waals surface area contributed by atoms with Crippen LogP contribution in [0.25, 0.3) is 0 Å². The smallest absolute Gasteiger partial charge is 0.234 e. The van der Waals surface area contributed by atoms with Gasteiger partial charge in [-0.3, -0.25) is 9.59 Å². The molecule has 2 rings (SSSR count). The van der Waals surface area contributed by atoms with Crippen LogP contribution in [-0.2, 0) is 9.59 Å². The second-order valence-corrected chi connectivity index (χ2v) is 7.50.